The van der Waals surface area contributed by atoms with E-state index in [1.54, 1.807) is 48.5 Å². The first-order chi connectivity index (χ1) is 23.7. The molecule has 10 aliphatic rings. The van der Waals surface area contributed by atoms with E-state index in [4.69, 9.17) is 0 Å². The van der Waals surface area contributed by atoms with Crippen LogP contribution in [-0.4, -0.2) is 134 Å². The highest BCUT2D eigenvalue weighted by molar-refractivity contribution is 8.78. The summed E-state index contributed by atoms with van der Waals surface area (Å²) in [6.45, 7) is 2.90. The Morgan fingerprint density at radius 1 is 0.620 bits per heavy atom. The lowest BCUT2D eigenvalue weighted by Gasteiger charge is -2.59. The molecule has 4 amide bonds. The maximum Gasteiger partial charge on any atom is 0.266 e. The summed E-state index contributed by atoms with van der Waals surface area (Å²) in [6.07, 6.45) is -8.45. The predicted octanol–water partition coefficient (Wildman–Crippen LogP) is 0.0526. The molecule has 0 aromatic heterocycles. The molecule has 8 fully saturated rings. The number of benzene rings is 2. The maximum absolute atomic E-state index is 15.0. The van der Waals surface area contributed by atoms with Gasteiger partial charge >= 0.3 is 0 Å². The van der Waals surface area contributed by atoms with E-state index in [1.165, 1.54) is 47.5 Å². The molecular weight excluding hydrogens is 725 g/mol. The van der Waals surface area contributed by atoms with Crippen LogP contribution in [0.1, 0.15) is 25.0 Å². The normalized spacial score (nSPS) is 45.5. The van der Waals surface area contributed by atoms with Crippen LogP contribution < -0.4 is 10.6 Å². The number of nitrogens with one attached hydrogen (secondary N) is 2. The van der Waals surface area contributed by atoms with Crippen molar-refractivity contribution in [3.05, 3.63) is 59.7 Å². The van der Waals surface area contributed by atoms with Gasteiger partial charge in [0.25, 0.3) is 23.6 Å². The molecule has 12 atom stereocenters. The Labute approximate surface area is 301 Å². The van der Waals surface area contributed by atoms with Crippen LogP contribution in [0.2, 0.25) is 0 Å². The molecular formula is C32H32N6O8S4. The first-order valence-electron chi connectivity index (χ1n) is 16.1. The minimum atomic E-state index is -1.93. The Morgan fingerprint density at radius 2 is 0.980 bits per heavy atom. The minimum absolute atomic E-state index is 0.495. The van der Waals surface area contributed by atoms with Crippen molar-refractivity contribution in [2.45, 2.75) is 80.9 Å². The molecule has 262 valence electrons. The monoisotopic (exact) mass is 756 g/mol. The first kappa shape index (κ1) is 31.9. The Hall–Kier alpha value is -2.84. The van der Waals surface area contributed by atoms with Gasteiger partial charge in [-0.05, 0) is 80.3 Å². The fourth-order valence-electron chi connectivity index (χ4n) is 10.6. The van der Waals surface area contributed by atoms with Crippen molar-refractivity contribution in [2.24, 2.45) is 0 Å². The second-order valence-corrected chi connectivity index (χ2v) is 19.4. The lowest BCUT2D eigenvalue weighted by atomic mass is 9.52. The summed E-state index contributed by atoms with van der Waals surface area (Å²) >= 11 is 0. The van der Waals surface area contributed by atoms with Gasteiger partial charge in [0.2, 0.25) is 19.5 Å². The molecule has 10 aliphatic heterocycles. The topological polar surface area (TPSA) is 186 Å². The second kappa shape index (κ2) is 9.20. The molecule has 50 heavy (non-hydrogen) atoms. The van der Waals surface area contributed by atoms with Gasteiger partial charge in [-0.1, -0.05) is 36.4 Å². The molecule has 2 spiro atoms. The van der Waals surface area contributed by atoms with Crippen LogP contribution in [-0.2, 0) is 30.0 Å². The highest BCUT2D eigenvalue weighted by Crippen LogP contribution is 2.78. The maximum atomic E-state index is 15.0. The summed E-state index contributed by atoms with van der Waals surface area (Å²) in [6, 6.07) is 14.3. The van der Waals surface area contributed by atoms with Crippen molar-refractivity contribution in [2.75, 3.05) is 24.7 Å². The number of likely N-dealkylation sites (N-methyl/N-ethyl adjacent to an activating group) is 2. The number of aliphatic hydroxyl groups is 4. The van der Waals surface area contributed by atoms with Gasteiger partial charge in [0.15, 0.2) is 0 Å². The quantitative estimate of drug-likeness (QED) is 0.231. The largest absolute Gasteiger partial charge is 0.389 e. The third-order valence-electron chi connectivity index (χ3n) is 12.7. The van der Waals surface area contributed by atoms with Crippen molar-refractivity contribution in [1.82, 2.24) is 19.6 Å². The van der Waals surface area contributed by atoms with Gasteiger partial charge in [-0.2, -0.15) is 0 Å². The van der Waals surface area contributed by atoms with E-state index in [-0.39, 0.29) is 0 Å². The molecule has 2 unspecified atom stereocenters. The highest BCUT2D eigenvalue weighted by Gasteiger charge is 2.93. The summed E-state index contributed by atoms with van der Waals surface area (Å²) in [5.41, 5.74) is -1.52. The lowest BCUT2D eigenvalue weighted by Crippen LogP contribution is -2.80. The second-order valence-electron chi connectivity index (χ2n) is 14.3. The Morgan fingerprint density at radius 3 is 1.34 bits per heavy atom. The SMILES string of the molecule is CC(O)[C@@]12SS[C@]3(C(=O)N1C)[C@@H](O)[C@]1([C@@]45c6ccccc6N[C@@H]4N4C(=O)[C@]6(C(C)O)SS[C@]4(C(=O)N6C)[C@H]5O)c4ccccc4N[C@@H]1N3C2=O. The van der Waals surface area contributed by atoms with Crippen LogP contribution in [0.3, 0.4) is 0 Å². The van der Waals surface area contributed by atoms with E-state index in [2.05, 4.69) is 10.6 Å². The van der Waals surface area contributed by atoms with Gasteiger partial charge in [0.05, 0.1) is 23.0 Å². The van der Waals surface area contributed by atoms with Crippen LogP contribution in [0, 0.1) is 0 Å². The molecule has 12 rings (SSSR count). The van der Waals surface area contributed by atoms with E-state index in [1.807, 2.05) is 0 Å². The lowest BCUT2D eigenvalue weighted by molar-refractivity contribution is -0.172. The zero-order chi connectivity index (χ0) is 35.3. The van der Waals surface area contributed by atoms with Crippen LogP contribution in [0.5, 0.6) is 0 Å². The van der Waals surface area contributed by atoms with Crippen molar-refractivity contribution in [3.8, 4) is 0 Å². The van der Waals surface area contributed by atoms with Crippen molar-refractivity contribution < 1.29 is 39.6 Å². The first-order valence-corrected chi connectivity index (χ1v) is 20.4. The van der Waals surface area contributed by atoms with E-state index in [0.29, 0.717) is 22.5 Å². The summed E-state index contributed by atoms with van der Waals surface area (Å²) in [5, 5.41) is 56.0. The number of amides is 4. The number of anilines is 2. The van der Waals surface area contributed by atoms with Gasteiger partial charge in [-0.25, -0.2) is 0 Å². The summed E-state index contributed by atoms with van der Waals surface area (Å²) in [4.78, 5) is 57.4. The summed E-state index contributed by atoms with van der Waals surface area (Å²) < 4.78 is 0. The number of carbonyl (C=O) groups is 4. The van der Waals surface area contributed by atoms with Gasteiger partial charge in [-0.3, -0.25) is 29.0 Å². The summed E-state index contributed by atoms with van der Waals surface area (Å²) in [5.74, 6) is -2.37. The molecule has 0 saturated carbocycles. The standard InChI is InChI=1S/C32H32N6O8S4/c1-13(39)29-25(45)37-21-27(15-9-5-7-11-17(15)33-21,19(41)31(37,49-47-29)23(43)35(29)3)28-16-10-6-8-12-18(16)34-22(28)38-26(46)30(14(2)40)36(4)24(44)32(38,20(28)42)50-48-30/h5-14,19-22,33-34,39-42H,1-4H3/t13?,14?,19-,20-,21+,22+,27+,28+,29-,30-,31-,32-/m0/s1. The van der Waals surface area contributed by atoms with Crippen LogP contribution >= 0.6 is 43.2 Å². The smallest absolute Gasteiger partial charge is 0.266 e. The Kier molecular flexibility index (Phi) is 5.86. The number of para-hydroxylation sites is 2. The molecule has 2 aromatic carbocycles. The number of aliphatic hydroxyl groups excluding tert-OH is 4. The van der Waals surface area contributed by atoms with Crippen LogP contribution in [0.4, 0.5) is 11.4 Å². The third kappa shape index (κ3) is 2.65. The van der Waals surface area contributed by atoms with Gasteiger partial charge in [0.1, 0.15) is 24.5 Å². The molecule has 0 aliphatic carbocycles. The molecule has 2 aromatic rings. The van der Waals surface area contributed by atoms with E-state index < -0.39 is 90.7 Å². The molecule has 18 heteroatoms. The zero-order valence-electron chi connectivity index (χ0n) is 26.9. The number of fused-ring (bicyclic) bond motifs is 11. The van der Waals surface area contributed by atoms with Crippen molar-refractivity contribution in [3.63, 3.8) is 0 Å². The number of hydrogen-bond acceptors (Lipinski definition) is 14. The average Bonchev–Trinajstić information content (AvgIpc) is 3.74. The molecule has 0 radical (unpaired) electrons. The third-order valence-corrected chi connectivity index (χ3v) is 20.2. The zero-order valence-corrected chi connectivity index (χ0v) is 30.2. The average molecular weight is 757 g/mol. The molecule has 4 bridgehead atoms. The molecule has 14 nitrogen and oxygen atoms in total. The number of nitrogens with zero attached hydrogens (tertiary/aromatic N) is 4. The predicted molar refractivity (Wildman–Crippen MR) is 187 cm³/mol. The van der Waals surface area contributed by atoms with E-state index in [9.17, 15) is 39.6 Å². The van der Waals surface area contributed by atoms with Crippen LogP contribution in [0.15, 0.2) is 48.5 Å². The van der Waals surface area contributed by atoms with Crippen LogP contribution in [0.25, 0.3) is 0 Å². The van der Waals surface area contributed by atoms with Crippen molar-refractivity contribution in [1.29, 1.82) is 0 Å². The number of hydrogen-bond donors (Lipinski definition) is 6. The fourth-order valence-corrected chi connectivity index (χ4v) is 18.6. The van der Waals surface area contributed by atoms with E-state index in [0.717, 1.165) is 43.2 Å². The minimum Gasteiger partial charge on any atom is -0.389 e. The number of piperazine rings is 2. The van der Waals surface area contributed by atoms with Gasteiger partial charge < -0.3 is 40.9 Å². The molecule has 10 heterocycles. The molecule has 8 saturated heterocycles. The Bertz CT molecular complexity index is 1870. The fraction of sp³-hybridized carbons (Fsp3) is 0.500. The molecule has 6 N–H and O–H groups in total. The van der Waals surface area contributed by atoms with Gasteiger partial charge in [0, 0.05) is 25.5 Å². The van der Waals surface area contributed by atoms with Crippen molar-refractivity contribution >= 4 is 78.2 Å². The Balaban J connectivity index is 1.33. The van der Waals surface area contributed by atoms with E-state index >= 15 is 0 Å². The number of carbonyl (C=O) groups excluding carboxylic acids is 4. The highest BCUT2D eigenvalue weighted by atomic mass is 33.1. The number of rotatable bonds is 3. The summed E-state index contributed by atoms with van der Waals surface area (Å²) in [7, 11) is 6.94. The van der Waals surface area contributed by atoms with Gasteiger partial charge in [-0.15, -0.1) is 0 Å².